The minimum Gasteiger partial charge on any atom is -0.465 e. The van der Waals surface area contributed by atoms with E-state index in [9.17, 15) is 14.4 Å². The first-order valence-electron chi connectivity index (χ1n) is 8.05. The molecule has 0 aliphatic heterocycles. The average Bonchev–Trinajstić information content (AvgIpc) is 2.66. The predicted octanol–water partition coefficient (Wildman–Crippen LogP) is 2.93. The van der Waals surface area contributed by atoms with Gasteiger partial charge in [0.15, 0.2) is 6.61 Å². The number of carbonyl (C=O) groups is 3. The van der Waals surface area contributed by atoms with Gasteiger partial charge in [-0.2, -0.15) is 0 Å². The van der Waals surface area contributed by atoms with Gasteiger partial charge in [-0.1, -0.05) is 36.4 Å². The molecular weight excluding hydrogens is 334 g/mol. The quantitative estimate of drug-likeness (QED) is 0.806. The highest BCUT2D eigenvalue weighted by Crippen LogP contribution is 2.24. The molecule has 1 N–H and O–H groups in total. The van der Waals surface area contributed by atoms with E-state index in [1.165, 1.54) is 13.2 Å². The van der Waals surface area contributed by atoms with Crippen LogP contribution in [0.1, 0.15) is 29.8 Å². The van der Waals surface area contributed by atoms with E-state index in [-0.39, 0.29) is 0 Å². The van der Waals surface area contributed by atoms with Crippen molar-refractivity contribution < 1.29 is 23.9 Å². The van der Waals surface area contributed by atoms with Crippen LogP contribution in [0, 0.1) is 0 Å². The zero-order valence-electron chi connectivity index (χ0n) is 14.9. The summed E-state index contributed by atoms with van der Waals surface area (Å²) in [6.07, 6.45) is 0. The molecule has 0 spiro atoms. The van der Waals surface area contributed by atoms with E-state index in [0.717, 1.165) is 5.56 Å². The Morgan fingerprint density at radius 1 is 1.00 bits per heavy atom. The summed E-state index contributed by atoms with van der Waals surface area (Å²) in [4.78, 5) is 35.9. The molecule has 0 heterocycles. The Labute approximate surface area is 152 Å². The van der Waals surface area contributed by atoms with Crippen molar-refractivity contribution in [2.45, 2.75) is 19.3 Å². The van der Waals surface area contributed by atoms with Crippen LogP contribution in [-0.2, 0) is 24.5 Å². The maximum Gasteiger partial charge on any atom is 0.337 e. The third kappa shape index (κ3) is 4.69. The molecule has 2 aromatic carbocycles. The third-order valence-electron chi connectivity index (χ3n) is 3.91. The van der Waals surface area contributed by atoms with E-state index in [1.54, 1.807) is 32.0 Å². The van der Waals surface area contributed by atoms with Crippen LogP contribution in [0.2, 0.25) is 0 Å². The number of amides is 1. The number of benzene rings is 2. The maximum atomic E-state index is 12.3. The van der Waals surface area contributed by atoms with E-state index < -0.39 is 29.9 Å². The number of carbonyl (C=O) groups excluding carboxylic acids is 3. The van der Waals surface area contributed by atoms with Crippen LogP contribution in [0.4, 0.5) is 5.69 Å². The molecule has 0 bridgehead atoms. The standard InChI is InChI=1S/C20H21NO5/c1-20(2,15-9-5-4-6-10-15)19(24)26-13-17(22)21-16-11-7-8-14(12-16)18(23)25-3/h4-12H,13H2,1-3H3,(H,21,22). The number of nitrogens with one attached hydrogen (secondary N) is 1. The van der Waals surface area contributed by atoms with Crippen molar-refractivity contribution in [3.05, 3.63) is 65.7 Å². The highest BCUT2D eigenvalue weighted by Gasteiger charge is 2.31. The van der Waals surface area contributed by atoms with Crippen molar-refractivity contribution in [2.75, 3.05) is 19.0 Å². The first kappa shape index (κ1) is 19.2. The lowest BCUT2D eigenvalue weighted by molar-refractivity contribution is -0.152. The van der Waals surface area contributed by atoms with Crippen molar-refractivity contribution in [3.8, 4) is 0 Å². The van der Waals surface area contributed by atoms with Crippen LogP contribution in [0.15, 0.2) is 54.6 Å². The minimum atomic E-state index is -0.869. The van der Waals surface area contributed by atoms with Gasteiger partial charge >= 0.3 is 11.9 Å². The molecule has 0 aromatic heterocycles. The van der Waals surface area contributed by atoms with Crippen LogP contribution in [0.3, 0.4) is 0 Å². The topological polar surface area (TPSA) is 81.7 Å². The third-order valence-corrected chi connectivity index (χ3v) is 3.91. The second-order valence-corrected chi connectivity index (χ2v) is 6.19. The Morgan fingerprint density at radius 2 is 1.69 bits per heavy atom. The first-order chi connectivity index (χ1) is 12.3. The number of hydrogen-bond donors (Lipinski definition) is 1. The highest BCUT2D eigenvalue weighted by atomic mass is 16.5. The molecule has 136 valence electrons. The molecule has 0 saturated heterocycles. The summed E-state index contributed by atoms with van der Waals surface area (Å²) in [5.41, 5.74) is 0.659. The number of anilines is 1. The molecule has 2 rings (SSSR count). The summed E-state index contributed by atoms with van der Waals surface area (Å²) in [5, 5.41) is 2.58. The molecule has 0 saturated carbocycles. The van der Waals surface area contributed by atoms with E-state index in [4.69, 9.17) is 4.74 Å². The lowest BCUT2D eigenvalue weighted by Gasteiger charge is -2.22. The van der Waals surface area contributed by atoms with Gasteiger partial charge in [-0.05, 0) is 37.6 Å². The van der Waals surface area contributed by atoms with Crippen molar-refractivity contribution in [1.82, 2.24) is 0 Å². The minimum absolute atomic E-state index is 0.313. The SMILES string of the molecule is COC(=O)c1cccc(NC(=O)COC(=O)C(C)(C)c2ccccc2)c1. The summed E-state index contributed by atoms with van der Waals surface area (Å²) >= 11 is 0. The molecule has 0 unspecified atom stereocenters. The van der Waals surface area contributed by atoms with Gasteiger partial charge < -0.3 is 14.8 Å². The van der Waals surface area contributed by atoms with E-state index in [0.29, 0.717) is 11.3 Å². The van der Waals surface area contributed by atoms with Gasteiger partial charge in [-0.3, -0.25) is 9.59 Å². The summed E-state index contributed by atoms with van der Waals surface area (Å²) in [7, 11) is 1.28. The molecule has 0 fully saturated rings. The summed E-state index contributed by atoms with van der Waals surface area (Å²) in [6.45, 7) is 3.06. The summed E-state index contributed by atoms with van der Waals surface area (Å²) in [5.74, 6) is -1.50. The number of hydrogen-bond acceptors (Lipinski definition) is 5. The number of ether oxygens (including phenoxy) is 2. The fourth-order valence-corrected chi connectivity index (χ4v) is 2.32. The van der Waals surface area contributed by atoms with Gasteiger partial charge in [0.25, 0.3) is 5.91 Å². The van der Waals surface area contributed by atoms with Gasteiger partial charge in [-0.25, -0.2) is 4.79 Å². The zero-order chi connectivity index (χ0) is 19.2. The lowest BCUT2D eigenvalue weighted by Crippen LogP contribution is -2.33. The van der Waals surface area contributed by atoms with Crippen LogP contribution in [0.25, 0.3) is 0 Å². The largest absolute Gasteiger partial charge is 0.465 e. The van der Waals surface area contributed by atoms with Gasteiger partial charge in [-0.15, -0.1) is 0 Å². The Bertz CT molecular complexity index is 799. The van der Waals surface area contributed by atoms with Gasteiger partial charge in [0.2, 0.25) is 0 Å². The lowest BCUT2D eigenvalue weighted by atomic mass is 9.85. The monoisotopic (exact) mass is 355 g/mol. The number of methoxy groups -OCH3 is 1. The van der Waals surface area contributed by atoms with Crippen molar-refractivity contribution in [2.24, 2.45) is 0 Å². The van der Waals surface area contributed by atoms with Gasteiger partial charge in [0.05, 0.1) is 18.1 Å². The summed E-state index contributed by atoms with van der Waals surface area (Å²) < 4.78 is 9.79. The fraction of sp³-hybridized carbons (Fsp3) is 0.250. The number of rotatable bonds is 6. The first-order valence-corrected chi connectivity index (χ1v) is 8.05. The van der Waals surface area contributed by atoms with E-state index in [1.807, 2.05) is 30.3 Å². The summed E-state index contributed by atoms with van der Waals surface area (Å²) in [6, 6.07) is 15.5. The smallest absolute Gasteiger partial charge is 0.337 e. The van der Waals surface area contributed by atoms with E-state index >= 15 is 0 Å². The molecule has 2 aromatic rings. The van der Waals surface area contributed by atoms with Gasteiger partial charge in [0.1, 0.15) is 0 Å². The van der Waals surface area contributed by atoms with Gasteiger partial charge in [0, 0.05) is 5.69 Å². The van der Waals surface area contributed by atoms with Crippen molar-refractivity contribution in [1.29, 1.82) is 0 Å². The average molecular weight is 355 g/mol. The molecule has 6 heteroatoms. The predicted molar refractivity (Wildman–Crippen MR) is 96.8 cm³/mol. The Hall–Kier alpha value is -3.15. The second-order valence-electron chi connectivity index (χ2n) is 6.19. The molecule has 0 radical (unpaired) electrons. The maximum absolute atomic E-state index is 12.3. The van der Waals surface area contributed by atoms with Crippen LogP contribution < -0.4 is 5.32 Å². The van der Waals surface area contributed by atoms with Crippen molar-refractivity contribution in [3.63, 3.8) is 0 Å². The molecular formula is C20H21NO5. The Morgan fingerprint density at radius 3 is 2.35 bits per heavy atom. The molecule has 0 atom stereocenters. The number of esters is 2. The molecule has 6 nitrogen and oxygen atoms in total. The fourth-order valence-electron chi connectivity index (χ4n) is 2.32. The zero-order valence-corrected chi connectivity index (χ0v) is 14.9. The molecule has 0 aliphatic rings. The molecule has 0 aliphatic carbocycles. The highest BCUT2D eigenvalue weighted by molar-refractivity contribution is 5.96. The second kappa shape index (κ2) is 8.29. The molecule has 1 amide bonds. The Balaban J connectivity index is 1.94. The van der Waals surface area contributed by atoms with Crippen molar-refractivity contribution >= 4 is 23.5 Å². The van der Waals surface area contributed by atoms with Crippen LogP contribution >= 0.6 is 0 Å². The van der Waals surface area contributed by atoms with Crippen LogP contribution in [-0.4, -0.2) is 31.6 Å². The normalized spacial score (nSPS) is 10.7. The molecule has 26 heavy (non-hydrogen) atoms. The van der Waals surface area contributed by atoms with Crippen LogP contribution in [0.5, 0.6) is 0 Å². The Kier molecular flexibility index (Phi) is 6.11. The van der Waals surface area contributed by atoms with E-state index in [2.05, 4.69) is 10.1 Å².